The van der Waals surface area contributed by atoms with E-state index in [0.717, 1.165) is 5.56 Å². The van der Waals surface area contributed by atoms with E-state index in [1.54, 1.807) is 0 Å². The van der Waals surface area contributed by atoms with Gasteiger partial charge in [0.15, 0.2) is 0 Å². The quantitative estimate of drug-likeness (QED) is 0.735. The summed E-state index contributed by atoms with van der Waals surface area (Å²) in [6.45, 7) is 0. The van der Waals surface area contributed by atoms with Crippen LogP contribution in [0.5, 0.6) is 0 Å². The SMILES string of the molecule is N#CCc1cc(Br)c2c(c1)CCC2. The van der Waals surface area contributed by atoms with E-state index in [-0.39, 0.29) is 0 Å². The van der Waals surface area contributed by atoms with E-state index in [1.165, 1.54) is 34.9 Å². The Hall–Kier alpha value is -0.810. The summed E-state index contributed by atoms with van der Waals surface area (Å²) in [5, 5.41) is 8.59. The van der Waals surface area contributed by atoms with Gasteiger partial charge in [0.25, 0.3) is 0 Å². The third-order valence-electron chi connectivity index (χ3n) is 2.50. The second kappa shape index (κ2) is 3.51. The number of aryl methyl sites for hydroxylation is 1. The summed E-state index contributed by atoms with van der Waals surface area (Å²) in [7, 11) is 0. The first kappa shape index (κ1) is 8.77. The average Bonchev–Trinajstić information content (AvgIpc) is 2.53. The number of nitrogens with zero attached hydrogens (tertiary/aromatic N) is 1. The molecule has 0 unspecified atom stereocenters. The van der Waals surface area contributed by atoms with Gasteiger partial charge in [-0.15, -0.1) is 0 Å². The van der Waals surface area contributed by atoms with Gasteiger partial charge >= 0.3 is 0 Å². The van der Waals surface area contributed by atoms with Gasteiger partial charge in [-0.25, -0.2) is 0 Å². The van der Waals surface area contributed by atoms with Crippen molar-refractivity contribution in [2.45, 2.75) is 25.7 Å². The second-order valence-corrected chi connectivity index (χ2v) is 4.26. The Morgan fingerprint density at radius 1 is 1.38 bits per heavy atom. The van der Waals surface area contributed by atoms with Gasteiger partial charge in [0.2, 0.25) is 0 Å². The summed E-state index contributed by atoms with van der Waals surface area (Å²) >= 11 is 3.56. The summed E-state index contributed by atoms with van der Waals surface area (Å²) in [6.07, 6.45) is 4.13. The molecule has 13 heavy (non-hydrogen) atoms. The van der Waals surface area contributed by atoms with E-state index in [1.807, 2.05) is 0 Å². The lowest BCUT2D eigenvalue weighted by Crippen LogP contribution is -1.89. The van der Waals surface area contributed by atoms with Crippen molar-refractivity contribution in [1.82, 2.24) is 0 Å². The summed E-state index contributed by atoms with van der Waals surface area (Å²) in [4.78, 5) is 0. The van der Waals surface area contributed by atoms with Crippen LogP contribution in [-0.2, 0) is 19.3 Å². The number of hydrogen-bond donors (Lipinski definition) is 0. The molecule has 0 aliphatic heterocycles. The van der Waals surface area contributed by atoms with E-state index in [2.05, 4.69) is 34.1 Å². The zero-order chi connectivity index (χ0) is 9.26. The van der Waals surface area contributed by atoms with Crippen molar-refractivity contribution in [3.8, 4) is 6.07 Å². The molecule has 0 atom stereocenters. The topological polar surface area (TPSA) is 23.8 Å². The van der Waals surface area contributed by atoms with E-state index in [4.69, 9.17) is 5.26 Å². The third-order valence-corrected chi connectivity index (χ3v) is 3.21. The van der Waals surface area contributed by atoms with Crippen LogP contribution in [0.2, 0.25) is 0 Å². The van der Waals surface area contributed by atoms with Crippen molar-refractivity contribution in [2.24, 2.45) is 0 Å². The van der Waals surface area contributed by atoms with Crippen molar-refractivity contribution in [2.75, 3.05) is 0 Å². The van der Waals surface area contributed by atoms with E-state index >= 15 is 0 Å². The third kappa shape index (κ3) is 1.62. The predicted molar refractivity (Wildman–Crippen MR) is 55.5 cm³/mol. The molecule has 2 heteroatoms. The minimum atomic E-state index is 0.520. The molecule has 0 spiro atoms. The number of nitriles is 1. The zero-order valence-corrected chi connectivity index (χ0v) is 8.89. The maximum atomic E-state index is 8.59. The standard InChI is InChI=1S/C11H10BrN/c12-11-7-8(4-5-13)6-9-2-1-3-10(9)11/h6-7H,1-4H2. The Bertz CT molecular complexity index is 376. The normalized spacial score (nSPS) is 13.8. The minimum absolute atomic E-state index is 0.520. The predicted octanol–water partition coefficient (Wildman–Crippen LogP) is 3.00. The van der Waals surface area contributed by atoms with Crippen LogP contribution in [0.3, 0.4) is 0 Å². The van der Waals surface area contributed by atoms with Crippen LogP contribution in [0.4, 0.5) is 0 Å². The summed E-state index contributed by atoms with van der Waals surface area (Å²) in [6, 6.07) is 6.44. The Kier molecular flexibility index (Phi) is 2.37. The molecule has 1 aromatic carbocycles. The molecule has 0 heterocycles. The molecule has 1 aliphatic rings. The van der Waals surface area contributed by atoms with Gasteiger partial charge in [-0.3, -0.25) is 0 Å². The lowest BCUT2D eigenvalue weighted by Gasteiger charge is -2.04. The highest BCUT2D eigenvalue weighted by atomic mass is 79.9. The highest BCUT2D eigenvalue weighted by Gasteiger charge is 2.14. The molecule has 0 aromatic heterocycles. The number of hydrogen-bond acceptors (Lipinski definition) is 1. The van der Waals surface area contributed by atoms with Gasteiger partial charge in [0, 0.05) is 4.47 Å². The number of benzene rings is 1. The summed E-state index contributed by atoms with van der Waals surface area (Å²) in [5.74, 6) is 0. The fraction of sp³-hybridized carbons (Fsp3) is 0.364. The van der Waals surface area contributed by atoms with Crippen LogP contribution >= 0.6 is 15.9 Å². The number of rotatable bonds is 1. The molecule has 0 saturated carbocycles. The second-order valence-electron chi connectivity index (χ2n) is 3.40. The summed E-state index contributed by atoms with van der Waals surface area (Å²) < 4.78 is 1.19. The molecule has 0 N–H and O–H groups in total. The number of halogens is 1. The maximum Gasteiger partial charge on any atom is 0.0669 e. The molecular weight excluding hydrogens is 226 g/mol. The molecule has 1 aromatic rings. The van der Waals surface area contributed by atoms with E-state index < -0.39 is 0 Å². The van der Waals surface area contributed by atoms with E-state index in [9.17, 15) is 0 Å². The van der Waals surface area contributed by atoms with E-state index in [0.29, 0.717) is 6.42 Å². The van der Waals surface area contributed by atoms with Crippen LogP contribution in [0.1, 0.15) is 23.1 Å². The molecule has 0 saturated heterocycles. The molecule has 0 fully saturated rings. The van der Waals surface area contributed by atoms with Crippen LogP contribution in [0.15, 0.2) is 16.6 Å². The molecular formula is C11H10BrN. The lowest BCUT2D eigenvalue weighted by atomic mass is 10.1. The largest absolute Gasteiger partial charge is 0.198 e. The smallest absolute Gasteiger partial charge is 0.0669 e. The molecule has 2 rings (SSSR count). The Morgan fingerprint density at radius 2 is 2.23 bits per heavy atom. The lowest BCUT2D eigenvalue weighted by molar-refractivity contribution is 0.910. The van der Waals surface area contributed by atoms with Gasteiger partial charge in [0.1, 0.15) is 0 Å². The molecule has 66 valence electrons. The van der Waals surface area contributed by atoms with Crippen molar-refractivity contribution < 1.29 is 0 Å². The average molecular weight is 236 g/mol. The highest BCUT2D eigenvalue weighted by Crippen LogP contribution is 2.30. The maximum absolute atomic E-state index is 8.59. The van der Waals surface area contributed by atoms with Crippen LogP contribution in [-0.4, -0.2) is 0 Å². The Labute approximate surface area is 86.5 Å². The molecule has 0 radical (unpaired) electrons. The fourth-order valence-corrected chi connectivity index (χ4v) is 2.65. The van der Waals surface area contributed by atoms with Gasteiger partial charge in [-0.05, 0) is 42.0 Å². The van der Waals surface area contributed by atoms with Gasteiger partial charge in [0.05, 0.1) is 12.5 Å². The van der Waals surface area contributed by atoms with Crippen LogP contribution < -0.4 is 0 Å². The van der Waals surface area contributed by atoms with Crippen molar-refractivity contribution in [3.63, 3.8) is 0 Å². The first-order valence-electron chi connectivity index (χ1n) is 4.48. The first-order valence-corrected chi connectivity index (χ1v) is 5.27. The van der Waals surface area contributed by atoms with Crippen molar-refractivity contribution in [3.05, 3.63) is 33.3 Å². The zero-order valence-electron chi connectivity index (χ0n) is 7.31. The van der Waals surface area contributed by atoms with Crippen molar-refractivity contribution in [1.29, 1.82) is 5.26 Å². The Morgan fingerprint density at radius 3 is 3.00 bits per heavy atom. The molecule has 0 amide bonds. The molecule has 1 nitrogen and oxygen atoms in total. The first-order chi connectivity index (χ1) is 6.31. The monoisotopic (exact) mass is 235 g/mol. The molecule has 1 aliphatic carbocycles. The van der Waals surface area contributed by atoms with Gasteiger partial charge < -0.3 is 0 Å². The molecule has 0 bridgehead atoms. The summed E-state index contributed by atoms with van der Waals surface area (Å²) in [5.41, 5.74) is 4.01. The van der Waals surface area contributed by atoms with Gasteiger partial charge in [-0.2, -0.15) is 5.26 Å². The van der Waals surface area contributed by atoms with Gasteiger partial charge in [-0.1, -0.05) is 22.0 Å². The van der Waals surface area contributed by atoms with Crippen molar-refractivity contribution >= 4 is 15.9 Å². The minimum Gasteiger partial charge on any atom is -0.198 e. The fourth-order valence-electron chi connectivity index (χ4n) is 1.91. The van der Waals surface area contributed by atoms with Crippen LogP contribution in [0, 0.1) is 11.3 Å². The number of fused-ring (bicyclic) bond motifs is 1. The highest BCUT2D eigenvalue weighted by molar-refractivity contribution is 9.10. The van der Waals surface area contributed by atoms with Crippen LogP contribution in [0.25, 0.3) is 0 Å². The Balaban J connectivity index is 2.44.